The van der Waals surface area contributed by atoms with Crippen LogP contribution >= 0.6 is 0 Å². The Morgan fingerprint density at radius 1 is 1.17 bits per heavy atom. The summed E-state index contributed by atoms with van der Waals surface area (Å²) in [7, 11) is 0. The molecule has 0 atom stereocenters. The van der Waals surface area contributed by atoms with Gasteiger partial charge in [0, 0.05) is 17.5 Å². The summed E-state index contributed by atoms with van der Waals surface area (Å²) in [5.41, 5.74) is 2.72. The van der Waals surface area contributed by atoms with Crippen LogP contribution in [-0.2, 0) is 6.54 Å². The third-order valence-electron chi connectivity index (χ3n) is 3.74. The van der Waals surface area contributed by atoms with Gasteiger partial charge in [-0.3, -0.25) is 4.79 Å². The number of benzene rings is 2. The molecule has 1 N–H and O–H groups in total. The molecule has 0 aliphatic carbocycles. The molecule has 3 rings (SSSR count). The number of fused-ring (bicyclic) bond motifs is 1. The minimum absolute atomic E-state index is 0.0257. The average molecular weight is 307 g/mol. The fourth-order valence-corrected chi connectivity index (χ4v) is 2.59. The largest absolute Gasteiger partial charge is 0.493 e. The number of carbonyl (C=O) groups is 1. The first-order valence-corrected chi connectivity index (χ1v) is 7.44. The second-order valence-corrected chi connectivity index (χ2v) is 5.31. The van der Waals surface area contributed by atoms with Crippen molar-refractivity contribution in [2.24, 2.45) is 10.2 Å². The van der Waals surface area contributed by atoms with E-state index in [1.165, 1.54) is 0 Å². The van der Waals surface area contributed by atoms with Crippen molar-refractivity contribution in [3.63, 3.8) is 0 Å². The van der Waals surface area contributed by atoms with Crippen molar-refractivity contribution in [1.29, 1.82) is 0 Å². The summed E-state index contributed by atoms with van der Waals surface area (Å²) >= 11 is 0. The van der Waals surface area contributed by atoms with E-state index < -0.39 is 5.91 Å². The lowest BCUT2D eigenvalue weighted by molar-refractivity contribution is 0.0995. The van der Waals surface area contributed by atoms with E-state index in [0.29, 0.717) is 17.8 Å². The quantitative estimate of drug-likeness (QED) is 0.718. The van der Waals surface area contributed by atoms with E-state index in [1.54, 1.807) is 28.8 Å². The van der Waals surface area contributed by atoms with Gasteiger partial charge in [-0.25, -0.2) is 0 Å². The van der Waals surface area contributed by atoms with Crippen LogP contribution in [0.4, 0.5) is 5.69 Å². The summed E-state index contributed by atoms with van der Waals surface area (Å²) in [5, 5.41) is 19.0. The van der Waals surface area contributed by atoms with Gasteiger partial charge in [0.25, 0.3) is 5.91 Å². The molecule has 0 fully saturated rings. The Bertz CT molecular complexity index is 896. The van der Waals surface area contributed by atoms with E-state index in [0.717, 1.165) is 16.5 Å². The number of aromatic nitrogens is 1. The molecule has 5 nitrogen and oxygen atoms in total. The Hall–Kier alpha value is -2.95. The topological polar surface area (TPSA) is 66.9 Å². The fourth-order valence-electron chi connectivity index (χ4n) is 2.59. The van der Waals surface area contributed by atoms with Crippen LogP contribution in [0.1, 0.15) is 22.8 Å². The molecule has 1 heterocycles. The van der Waals surface area contributed by atoms with Crippen molar-refractivity contribution in [1.82, 2.24) is 4.57 Å². The lowest BCUT2D eigenvalue weighted by Gasteiger charge is -2.01. The molecule has 3 aromatic rings. The van der Waals surface area contributed by atoms with Crippen molar-refractivity contribution in [3.05, 3.63) is 59.7 Å². The minimum atomic E-state index is -0.435. The van der Waals surface area contributed by atoms with Crippen molar-refractivity contribution in [2.45, 2.75) is 20.4 Å². The first kappa shape index (κ1) is 15.0. The van der Waals surface area contributed by atoms with Gasteiger partial charge in [0.1, 0.15) is 0 Å². The third kappa shape index (κ3) is 2.73. The number of aryl methyl sites for hydroxylation is 2. The molecule has 2 aromatic carbocycles. The number of hydrogen-bond acceptors (Lipinski definition) is 3. The maximum Gasteiger partial charge on any atom is 0.295 e. The number of carbonyl (C=O) groups excluding carboxylic acids is 1. The number of rotatable bonds is 3. The maximum absolute atomic E-state index is 12.1. The molecular weight excluding hydrogens is 290 g/mol. The average Bonchev–Trinajstić information content (AvgIpc) is 2.83. The molecule has 23 heavy (non-hydrogen) atoms. The zero-order chi connectivity index (χ0) is 16.4. The van der Waals surface area contributed by atoms with E-state index >= 15 is 0 Å². The highest BCUT2D eigenvalue weighted by Crippen LogP contribution is 2.39. The summed E-state index contributed by atoms with van der Waals surface area (Å²) in [6, 6.07) is 14.6. The predicted octanol–water partition coefficient (Wildman–Crippen LogP) is 4.60. The molecule has 0 saturated carbocycles. The number of amides is 1. The molecule has 1 amide bonds. The molecule has 5 heteroatoms. The normalized spacial score (nSPS) is 11.4. The molecule has 0 spiro atoms. The Kier molecular flexibility index (Phi) is 3.93. The Labute approximate surface area is 133 Å². The smallest absolute Gasteiger partial charge is 0.295 e. The Balaban J connectivity index is 2.06. The fraction of sp³-hybridized carbons (Fsp3) is 0.167. The van der Waals surface area contributed by atoms with E-state index in [9.17, 15) is 9.90 Å². The first-order chi connectivity index (χ1) is 11.1. The second kappa shape index (κ2) is 6.04. The van der Waals surface area contributed by atoms with Gasteiger partial charge in [-0.1, -0.05) is 29.8 Å². The lowest BCUT2D eigenvalue weighted by atomic mass is 10.1. The number of nitrogens with zero attached hydrogens (tertiary/aromatic N) is 3. The highest BCUT2D eigenvalue weighted by atomic mass is 16.3. The molecule has 0 bridgehead atoms. The summed E-state index contributed by atoms with van der Waals surface area (Å²) in [4.78, 5) is 12.1. The van der Waals surface area contributed by atoms with Crippen molar-refractivity contribution >= 4 is 22.5 Å². The SMILES string of the molecule is CCn1c(O)c(N=NC(=O)c2ccccc2)c2cc(C)ccc21. The van der Waals surface area contributed by atoms with Crippen LogP contribution in [0.2, 0.25) is 0 Å². The summed E-state index contributed by atoms with van der Waals surface area (Å²) in [6.45, 7) is 4.51. The van der Waals surface area contributed by atoms with Gasteiger partial charge in [-0.15, -0.1) is 10.2 Å². The van der Waals surface area contributed by atoms with Crippen LogP contribution in [-0.4, -0.2) is 15.6 Å². The highest BCUT2D eigenvalue weighted by Gasteiger charge is 2.16. The summed E-state index contributed by atoms with van der Waals surface area (Å²) < 4.78 is 1.75. The first-order valence-electron chi connectivity index (χ1n) is 7.44. The third-order valence-corrected chi connectivity index (χ3v) is 3.74. The number of azo groups is 1. The van der Waals surface area contributed by atoms with E-state index in [1.807, 2.05) is 38.1 Å². The van der Waals surface area contributed by atoms with Gasteiger partial charge in [0.15, 0.2) is 5.69 Å². The molecule has 0 unspecified atom stereocenters. The van der Waals surface area contributed by atoms with Crippen molar-refractivity contribution in [3.8, 4) is 5.88 Å². The molecular formula is C18H17N3O2. The number of aromatic hydroxyl groups is 1. The van der Waals surface area contributed by atoms with E-state index in [-0.39, 0.29) is 5.88 Å². The minimum Gasteiger partial charge on any atom is -0.493 e. The van der Waals surface area contributed by atoms with Crippen LogP contribution in [0, 0.1) is 6.92 Å². The molecule has 0 aliphatic rings. The van der Waals surface area contributed by atoms with Crippen LogP contribution in [0.5, 0.6) is 5.88 Å². The molecule has 1 aromatic heterocycles. The summed E-state index contributed by atoms with van der Waals surface area (Å²) in [6.07, 6.45) is 0. The number of hydrogen-bond donors (Lipinski definition) is 1. The van der Waals surface area contributed by atoms with Crippen molar-refractivity contribution < 1.29 is 9.90 Å². The zero-order valence-corrected chi connectivity index (χ0v) is 13.0. The molecule has 0 radical (unpaired) electrons. The Morgan fingerprint density at radius 2 is 1.91 bits per heavy atom. The van der Waals surface area contributed by atoms with Gasteiger partial charge in [0.2, 0.25) is 5.88 Å². The van der Waals surface area contributed by atoms with Crippen LogP contribution in [0.3, 0.4) is 0 Å². The van der Waals surface area contributed by atoms with E-state index in [4.69, 9.17) is 0 Å². The van der Waals surface area contributed by atoms with Gasteiger partial charge in [0.05, 0.1) is 5.52 Å². The summed E-state index contributed by atoms with van der Waals surface area (Å²) in [5.74, 6) is -0.409. The Morgan fingerprint density at radius 3 is 2.61 bits per heavy atom. The molecule has 116 valence electrons. The molecule has 0 aliphatic heterocycles. The van der Waals surface area contributed by atoms with Gasteiger partial charge < -0.3 is 9.67 Å². The standard InChI is InChI=1S/C18H17N3O2/c1-3-21-15-10-9-12(2)11-14(15)16(18(21)23)19-20-17(22)13-7-5-4-6-8-13/h4-11,23H,3H2,1-2H3. The van der Waals surface area contributed by atoms with E-state index in [2.05, 4.69) is 10.2 Å². The van der Waals surface area contributed by atoms with Gasteiger partial charge >= 0.3 is 0 Å². The monoisotopic (exact) mass is 307 g/mol. The zero-order valence-electron chi connectivity index (χ0n) is 13.0. The highest BCUT2D eigenvalue weighted by molar-refractivity contribution is 5.97. The van der Waals surface area contributed by atoms with Crippen LogP contribution in [0.25, 0.3) is 10.9 Å². The van der Waals surface area contributed by atoms with Gasteiger partial charge in [-0.2, -0.15) is 0 Å². The lowest BCUT2D eigenvalue weighted by Crippen LogP contribution is -1.92. The van der Waals surface area contributed by atoms with Crippen molar-refractivity contribution in [2.75, 3.05) is 0 Å². The molecule has 0 saturated heterocycles. The van der Waals surface area contributed by atoms with Crippen LogP contribution < -0.4 is 0 Å². The van der Waals surface area contributed by atoms with Crippen LogP contribution in [0.15, 0.2) is 58.8 Å². The maximum atomic E-state index is 12.1. The van der Waals surface area contributed by atoms with Gasteiger partial charge in [-0.05, 0) is 38.1 Å². The second-order valence-electron chi connectivity index (χ2n) is 5.31. The predicted molar refractivity (Wildman–Crippen MR) is 89.3 cm³/mol.